The second-order valence-corrected chi connectivity index (χ2v) is 3.93. The molecule has 1 atom stereocenters. The molecule has 4 heteroatoms. The smallest absolute Gasteiger partial charge is 0.168 e. The van der Waals surface area contributed by atoms with Crippen LogP contribution in [-0.4, -0.2) is 25.5 Å². The van der Waals surface area contributed by atoms with Gasteiger partial charge in [-0.15, -0.1) is 0 Å². The average Bonchev–Trinajstić information content (AvgIpc) is 2.29. The molecule has 0 saturated heterocycles. The lowest BCUT2D eigenvalue weighted by molar-refractivity contribution is 0.0968. The Balaban J connectivity index is 2.83. The molecule has 0 saturated carbocycles. The van der Waals surface area contributed by atoms with Crippen LogP contribution in [0.2, 0.25) is 0 Å². The highest BCUT2D eigenvalue weighted by molar-refractivity contribution is 5.99. The lowest BCUT2D eigenvalue weighted by Crippen LogP contribution is -2.28. The summed E-state index contributed by atoms with van der Waals surface area (Å²) in [7, 11) is 1.47. The third-order valence-corrected chi connectivity index (χ3v) is 2.51. The predicted octanol–water partition coefficient (Wildman–Crippen LogP) is 2.41. The van der Waals surface area contributed by atoms with E-state index in [1.165, 1.54) is 25.3 Å². The molecule has 0 radical (unpaired) electrons. The first kappa shape index (κ1) is 13.6. The summed E-state index contributed by atoms with van der Waals surface area (Å²) in [6.45, 7) is 4.70. The molecule has 0 fully saturated rings. The number of halogens is 1. The van der Waals surface area contributed by atoms with Gasteiger partial charge in [0.25, 0.3) is 0 Å². The van der Waals surface area contributed by atoms with E-state index in [-0.39, 0.29) is 11.8 Å². The first-order valence-electron chi connectivity index (χ1n) is 5.68. The largest absolute Gasteiger partial charge is 0.496 e. The third-order valence-electron chi connectivity index (χ3n) is 2.51. The number of hydrogen-bond donors (Lipinski definition) is 1. The second-order valence-electron chi connectivity index (χ2n) is 3.93. The SMILES string of the molecule is CCNC(C)CC(=O)c1cc(F)ccc1OC. The van der Waals surface area contributed by atoms with Crippen LogP contribution in [0.5, 0.6) is 5.75 Å². The zero-order valence-corrected chi connectivity index (χ0v) is 10.4. The molecule has 0 amide bonds. The van der Waals surface area contributed by atoms with Gasteiger partial charge in [-0.3, -0.25) is 4.79 Å². The van der Waals surface area contributed by atoms with Gasteiger partial charge in [0.15, 0.2) is 5.78 Å². The van der Waals surface area contributed by atoms with Gasteiger partial charge in [-0.1, -0.05) is 6.92 Å². The van der Waals surface area contributed by atoms with Crippen molar-refractivity contribution in [3.8, 4) is 5.75 Å². The fourth-order valence-corrected chi connectivity index (χ4v) is 1.71. The van der Waals surface area contributed by atoms with Gasteiger partial charge >= 0.3 is 0 Å². The molecule has 94 valence electrons. The molecule has 3 nitrogen and oxygen atoms in total. The highest BCUT2D eigenvalue weighted by Gasteiger charge is 2.15. The number of benzene rings is 1. The third kappa shape index (κ3) is 3.82. The van der Waals surface area contributed by atoms with Crippen molar-refractivity contribution >= 4 is 5.78 Å². The number of hydrogen-bond acceptors (Lipinski definition) is 3. The molecular weight excluding hydrogens is 221 g/mol. The van der Waals surface area contributed by atoms with Gasteiger partial charge in [0.2, 0.25) is 0 Å². The number of methoxy groups -OCH3 is 1. The zero-order chi connectivity index (χ0) is 12.8. The van der Waals surface area contributed by atoms with Crippen LogP contribution in [0.1, 0.15) is 30.6 Å². The summed E-state index contributed by atoms with van der Waals surface area (Å²) in [5.41, 5.74) is 0.303. The number of ether oxygens (including phenoxy) is 1. The van der Waals surface area contributed by atoms with Crippen molar-refractivity contribution < 1.29 is 13.9 Å². The van der Waals surface area contributed by atoms with Gasteiger partial charge in [0, 0.05) is 12.5 Å². The highest BCUT2D eigenvalue weighted by atomic mass is 19.1. The van der Waals surface area contributed by atoms with Crippen molar-refractivity contribution in [1.29, 1.82) is 0 Å². The van der Waals surface area contributed by atoms with E-state index in [4.69, 9.17) is 4.74 Å². The molecule has 0 aliphatic carbocycles. The van der Waals surface area contributed by atoms with Crippen LogP contribution in [-0.2, 0) is 0 Å². The number of nitrogens with one attached hydrogen (secondary N) is 1. The Morgan fingerprint density at radius 2 is 2.24 bits per heavy atom. The fourth-order valence-electron chi connectivity index (χ4n) is 1.71. The summed E-state index contributed by atoms with van der Waals surface area (Å²) in [5, 5.41) is 3.14. The Morgan fingerprint density at radius 3 is 2.82 bits per heavy atom. The summed E-state index contributed by atoms with van der Waals surface area (Å²) in [6.07, 6.45) is 0.327. The minimum Gasteiger partial charge on any atom is -0.496 e. The van der Waals surface area contributed by atoms with E-state index in [2.05, 4.69) is 5.32 Å². The minimum absolute atomic E-state index is 0.0699. The molecule has 1 aromatic rings. The first-order valence-corrected chi connectivity index (χ1v) is 5.68. The van der Waals surface area contributed by atoms with Crippen LogP contribution in [0.4, 0.5) is 4.39 Å². The van der Waals surface area contributed by atoms with E-state index in [1.54, 1.807) is 0 Å². The maximum atomic E-state index is 13.1. The summed E-state index contributed by atoms with van der Waals surface area (Å²) in [6, 6.07) is 4.05. The van der Waals surface area contributed by atoms with Gasteiger partial charge in [-0.2, -0.15) is 0 Å². The molecule has 0 bridgehead atoms. The van der Waals surface area contributed by atoms with E-state index >= 15 is 0 Å². The summed E-state index contributed by atoms with van der Waals surface area (Å²) in [5.74, 6) is -0.125. The van der Waals surface area contributed by atoms with E-state index in [1.807, 2.05) is 13.8 Å². The van der Waals surface area contributed by atoms with Crippen LogP contribution in [0, 0.1) is 5.82 Å². The molecule has 0 aliphatic rings. The Hall–Kier alpha value is -1.42. The maximum absolute atomic E-state index is 13.1. The minimum atomic E-state index is -0.426. The van der Waals surface area contributed by atoms with Crippen molar-refractivity contribution in [3.63, 3.8) is 0 Å². The Bertz CT molecular complexity index is 393. The Kier molecular flexibility index (Phi) is 5.10. The molecule has 0 spiro atoms. The van der Waals surface area contributed by atoms with Crippen LogP contribution in [0.15, 0.2) is 18.2 Å². The number of Topliss-reactive ketones (excluding diaryl/α,β-unsaturated/α-hetero) is 1. The normalized spacial score (nSPS) is 12.2. The molecule has 1 aromatic carbocycles. The quantitative estimate of drug-likeness (QED) is 0.775. The molecule has 0 heterocycles. The first-order chi connectivity index (χ1) is 8.08. The fraction of sp³-hybridized carbons (Fsp3) is 0.462. The highest BCUT2D eigenvalue weighted by Crippen LogP contribution is 2.21. The van der Waals surface area contributed by atoms with Gasteiger partial charge < -0.3 is 10.1 Å². The summed E-state index contributed by atoms with van der Waals surface area (Å²) in [4.78, 5) is 12.0. The van der Waals surface area contributed by atoms with Gasteiger partial charge in [-0.25, -0.2) is 4.39 Å². The van der Waals surface area contributed by atoms with Crippen LogP contribution in [0.3, 0.4) is 0 Å². The number of carbonyl (C=O) groups is 1. The monoisotopic (exact) mass is 239 g/mol. The molecule has 1 unspecified atom stereocenters. The van der Waals surface area contributed by atoms with Crippen molar-refractivity contribution in [3.05, 3.63) is 29.6 Å². The van der Waals surface area contributed by atoms with E-state index in [0.717, 1.165) is 6.54 Å². The summed E-state index contributed by atoms with van der Waals surface area (Å²) < 4.78 is 18.2. The number of ketones is 1. The van der Waals surface area contributed by atoms with Gasteiger partial charge in [0.05, 0.1) is 12.7 Å². The molecule has 0 aliphatic heterocycles. The lowest BCUT2D eigenvalue weighted by Gasteiger charge is -2.12. The van der Waals surface area contributed by atoms with Gasteiger partial charge in [-0.05, 0) is 31.7 Å². The van der Waals surface area contributed by atoms with Crippen molar-refractivity contribution in [2.45, 2.75) is 26.3 Å². The molecule has 1 rings (SSSR count). The van der Waals surface area contributed by atoms with Crippen molar-refractivity contribution in [1.82, 2.24) is 5.32 Å². The average molecular weight is 239 g/mol. The van der Waals surface area contributed by atoms with Crippen LogP contribution in [0.25, 0.3) is 0 Å². The molecule has 0 aromatic heterocycles. The number of carbonyl (C=O) groups excluding carboxylic acids is 1. The topological polar surface area (TPSA) is 38.3 Å². The Morgan fingerprint density at radius 1 is 1.53 bits per heavy atom. The second kappa shape index (κ2) is 6.35. The van der Waals surface area contributed by atoms with E-state index in [0.29, 0.717) is 17.7 Å². The zero-order valence-electron chi connectivity index (χ0n) is 10.4. The lowest BCUT2D eigenvalue weighted by atomic mass is 10.0. The molecule has 17 heavy (non-hydrogen) atoms. The van der Waals surface area contributed by atoms with Gasteiger partial charge in [0.1, 0.15) is 11.6 Å². The summed E-state index contributed by atoms with van der Waals surface area (Å²) >= 11 is 0. The van der Waals surface area contributed by atoms with Crippen LogP contribution >= 0.6 is 0 Å². The van der Waals surface area contributed by atoms with E-state index < -0.39 is 5.82 Å². The predicted molar refractivity (Wildman–Crippen MR) is 65.0 cm³/mol. The molecular formula is C13H18FNO2. The maximum Gasteiger partial charge on any atom is 0.168 e. The van der Waals surface area contributed by atoms with Crippen molar-refractivity contribution in [2.24, 2.45) is 0 Å². The standard InChI is InChI=1S/C13H18FNO2/c1-4-15-9(2)7-12(16)11-8-10(14)5-6-13(11)17-3/h5-6,8-9,15H,4,7H2,1-3H3. The molecule has 1 N–H and O–H groups in total. The number of rotatable bonds is 6. The Labute approximate surface area is 101 Å². The van der Waals surface area contributed by atoms with Crippen LogP contribution < -0.4 is 10.1 Å². The van der Waals surface area contributed by atoms with Crippen molar-refractivity contribution in [2.75, 3.05) is 13.7 Å². The van der Waals surface area contributed by atoms with E-state index in [9.17, 15) is 9.18 Å².